The predicted octanol–water partition coefficient (Wildman–Crippen LogP) is 4.82. The summed E-state index contributed by atoms with van der Waals surface area (Å²) in [6.07, 6.45) is 6.99. The topological polar surface area (TPSA) is 12.0 Å². The second kappa shape index (κ2) is 5.85. The van der Waals surface area contributed by atoms with Crippen LogP contribution in [0.25, 0.3) is 0 Å². The third kappa shape index (κ3) is 3.52. The summed E-state index contributed by atoms with van der Waals surface area (Å²) in [7, 11) is 0. The van der Waals surface area contributed by atoms with Gasteiger partial charge in [-0.2, -0.15) is 0 Å². The maximum absolute atomic E-state index is 5.99. The van der Waals surface area contributed by atoms with E-state index in [2.05, 4.69) is 24.4 Å². The average molecular weight is 278 g/mol. The molecule has 1 aromatic rings. The van der Waals surface area contributed by atoms with E-state index >= 15 is 0 Å². The van der Waals surface area contributed by atoms with E-state index in [4.69, 9.17) is 11.6 Å². The van der Waals surface area contributed by atoms with Crippen molar-refractivity contribution in [3.8, 4) is 0 Å². The molecule has 1 aromatic carbocycles. The van der Waals surface area contributed by atoms with E-state index in [1.165, 1.54) is 44.2 Å². The van der Waals surface area contributed by atoms with Gasteiger partial charge in [-0.15, -0.1) is 0 Å². The second-order valence-electron chi connectivity index (χ2n) is 6.56. The smallest absolute Gasteiger partial charge is 0.0406 e. The Morgan fingerprint density at radius 2 is 1.89 bits per heavy atom. The second-order valence-corrected chi connectivity index (χ2v) is 7.00. The van der Waals surface area contributed by atoms with Crippen LogP contribution in [0, 0.1) is 17.8 Å². The Morgan fingerprint density at radius 3 is 2.47 bits per heavy atom. The highest BCUT2D eigenvalue weighted by atomic mass is 35.5. The number of hydrogen-bond acceptors (Lipinski definition) is 1. The Kier molecular flexibility index (Phi) is 4.14. The van der Waals surface area contributed by atoms with Crippen LogP contribution in [0.2, 0.25) is 5.02 Å². The average Bonchev–Trinajstić information content (AvgIpc) is 3.15. The zero-order valence-corrected chi connectivity index (χ0v) is 12.5. The first-order valence-corrected chi connectivity index (χ1v) is 8.09. The molecule has 2 aliphatic rings. The molecule has 0 spiro atoms. The van der Waals surface area contributed by atoms with Crippen LogP contribution in [0.15, 0.2) is 24.3 Å². The van der Waals surface area contributed by atoms with Gasteiger partial charge in [0.1, 0.15) is 0 Å². The first-order valence-electron chi connectivity index (χ1n) is 7.71. The van der Waals surface area contributed by atoms with Crippen molar-refractivity contribution in [2.24, 2.45) is 17.8 Å². The third-order valence-corrected chi connectivity index (χ3v) is 5.00. The van der Waals surface area contributed by atoms with Gasteiger partial charge in [-0.1, -0.05) is 37.1 Å². The summed E-state index contributed by atoms with van der Waals surface area (Å²) in [5.41, 5.74) is 1.41. The molecule has 0 aromatic heterocycles. The quantitative estimate of drug-likeness (QED) is 0.814. The fourth-order valence-corrected chi connectivity index (χ4v) is 3.59. The molecule has 0 bridgehead atoms. The van der Waals surface area contributed by atoms with E-state index in [1.54, 1.807) is 0 Å². The van der Waals surface area contributed by atoms with Crippen molar-refractivity contribution in [3.05, 3.63) is 34.9 Å². The molecule has 0 amide bonds. The van der Waals surface area contributed by atoms with Gasteiger partial charge in [0.25, 0.3) is 0 Å². The molecule has 0 aliphatic heterocycles. The Morgan fingerprint density at radius 1 is 1.16 bits per heavy atom. The fraction of sp³-hybridized carbons (Fsp3) is 0.647. The maximum Gasteiger partial charge on any atom is 0.0406 e. The van der Waals surface area contributed by atoms with E-state index in [-0.39, 0.29) is 0 Å². The first-order chi connectivity index (χ1) is 9.22. The molecule has 0 saturated heterocycles. The van der Waals surface area contributed by atoms with Crippen LogP contribution in [0.4, 0.5) is 0 Å². The van der Waals surface area contributed by atoms with E-state index in [1.807, 2.05) is 12.1 Å². The lowest BCUT2D eigenvalue weighted by molar-refractivity contribution is 0.404. The van der Waals surface area contributed by atoms with Crippen molar-refractivity contribution in [1.82, 2.24) is 5.32 Å². The molecular formula is C17H24ClN. The van der Waals surface area contributed by atoms with Gasteiger partial charge in [0, 0.05) is 11.1 Å². The molecule has 1 nitrogen and oxygen atoms in total. The number of benzene rings is 1. The molecule has 19 heavy (non-hydrogen) atoms. The van der Waals surface area contributed by atoms with E-state index in [9.17, 15) is 0 Å². The molecule has 3 unspecified atom stereocenters. The van der Waals surface area contributed by atoms with E-state index in [0.717, 1.165) is 22.8 Å². The zero-order valence-electron chi connectivity index (χ0n) is 11.7. The highest BCUT2D eigenvalue weighted by Gasteiger charge is 2.33. The van der Waals surface area contributed by atoms with E-state index in [0.29, 0.717) is 6.04 Å². The molecular weight excluding hydrogens is 254 g/mol. The van der Waals surface area contributed by atoms with Gasteiger partial charge in [-0.25, -0.2) is 0 Å². The Labute approximate surface area is 121 Å². The van der Waals surface area contributed by atoms with Gasteiger partial charge in [-0.05, 0) is 67.7 Å². The lowest BCUT2D eigenvalue weighted by Gasteiger charge is -2.21. The molecule has 0 radical (unpaired) electrons. The fourth-order valence-electron chi connectivity index (χ4n) is 3.46. The van der Waals surface area contributed by atoms with Crippen molar-refractivity contribution >= 4 is 11.6 Å². The minimum atomic E-state index is 0.549. The lowest BCUT2D eigenvalue weighted by Crippen LogP contribution is -2.28. The molecule has 3 atom stereocenters. The first kappa shape index (κ1) is 13.5. The lowest BCUT2D eigenvalue weighted by atomic mass is 10.0. The molecule has 104 valence electrons. The van der Waals surface area contributed by atoms with Crippen LogP contribution in [0.1, 0.15) is 50.6 Å². The molecule has 1 N–H and O–H groups in total. The van der Waals surface area contributed by atoms with Gasteiger partial charge in [-0.3, -0.25) is 0 Å². The monoisotopic (exact) mass is 277 g/mol. The van der Waals surface area contributed by atoms with Crippen LogP contribution in [-0.4, -0.2) is 6.54 Å². The zero-order chi connectivity index (χ0) is 13.2. The minimum Gasteiger partial charge on any atom is -0.309 e. The molecule has 0 heterocycles. The summed E-state index contributed by atoms with van der Waals surface area (Å²) in [4.78, 5) is 0. The number of hydrogen-bond donors (Lipinski definition) is 1. The normalized spacial score (nSPS) is 28.5. The molecule has 2 saturated carbocycles. The van der Waals surface area contributed by atoms with Gasteiger partial charge in [0.05, 0.1) is 0 Å². The van der Waals surface area contributed by atoms with Crippen molar-refractivity contribution < 1.29 is 0 Å². The Hall–Kier alpha value is -0.530. The van der Waals surface area contributed by atoms with Crippen molar-refractivity contribution in [3.63, 3.8) is 0 Å². The minimum absolute atomic E-state index is 0.549. The summed E-state index contributed by atoms with van der Waals surface area (Å²) in [6, 6.07) is 8.97. The van der Waals surface area contributed by atoms with Gasteiger partial charge < -0.3 is 5.32 Å². The summed E-state index contributed by atoms with van der Waals surface area (Å²) < 4.78 is 0. The summed E-state index contributed by atoms with van der Waals surface area (Å²) >= 11 is 5.99. The van der Waals surface area contributed by atoms with Crippen LogP contribution in [0.3, 0.4) is 0 Å². The third-order valence-electron chi connectivity index (χ3n) is 4.75. The van der Waals surface area contributed by atoms with Crippen LogP contribution >= 0.6 is 11.6 Å². The number of nitrogens with one attached hydrogen (secondary N) is 1. The maximum atomic E-state index is 5.99. The molecule has 2 heteroatoms. The summed E-state index contributed by atoms with van der Waals surface area (Å²) in [5.74, 6) is 2.67. The standard InChI is InChI=1S/C17H24ClN/c1-12-2-3-13(10-12)11-19-17(14-4-5-14)15-6-8-16(18)9-7-15/h6-9,12-14,17,19H,2-5,10-11H2,1H3. The van der Waals surface area contributed by atoms with Crippen LogP contribution in [0.5, 0.6) is 0 Å². The highest BCUT2D eigenvalue weighted by Crippen LogP contribution is 2.41. The SMILES string of the molecule is CC1CCC(CNC(c2ccc(Cl)cc2)C2CC2)C1. The van der Waals surface area contributed by atoms with Gasteiger partial charge in [0.2, 0.25) is 0 Å². The van der Waals surface area contributed by atoms with Crippen molar-refractivity contribution in [2.75, 3.05) is 6.54 Å². The van der Waals surface area contributed by atoms with Crippen molar-refractivity contribution in [1.29, 1.82) is 0 Å². The summed E-state index contributed by atoms with van der Waals surface area (Å²) in [6.45, 7) is 3.58. The van der Waals surface area contributed by atoms with E-state index < -0.39 is 0 Å². The predicted molar refractivity (Wildman–Crippen MR) is 81.4 cm³/mol. The van der Waals surface area contributed by atoms with Gasteiger partial charge >= 0.3 is 0 Å². The molecule has 2 fully saturated rings. The van der Waals surface area contributed by atoms with Crippen LogP contribution in [-0.2, 0) is 0 Å². The molecule has 2 aliphatic carbocycles. The van der Waals surface area contributed by atoms with Crippen LogP contribution < -0.4 is 5.32 Å². The van der Waals surface area contributed by atoms with Gasteiger partial charge in [0.15, 0.2) is 0 Å². The summed E-state index contributed by atoms with van der Waals surface area (Å²) in [5, 5.41) is 4.67. The Balaban J connectivity index is 1.60. The number of halogens is 1. The number of rotatable bonds is 5. The van der Waals surface area contributed by atoms with Crippen molar-refractivity contribution in [2.45, 2.75) is 45.1 Å². The Bertz CT molecular complexity index is 410. The highest BCUT2D eigenvalue weighted by molar-refractivity contribution is 6.30. The largest absolute Gasteiger partial charge is 0.309 e. The molecule has 3 rings (SSSR count).